The van der Waals surface area contributed by atoms with Gasteiger partial charge in [-0.15, -0.1) is 0 Å². The molecule has 1 heterocycles. The maximum atomic E-state index is 6.96. The van der Waals surface area contributed by atoms with Crippen molar-refractivity contribution in [3.63, 3.8) is 0 Å². The van der Waals surface area contributed by atoms with Gasteiger partial charge < -0.3 is 4.74 Å². The summed E-state index contributed by atoms with van der Waals surface area (Å²) in [6.07, 6.45) is 0. The summed E-state index contributed by atoms with van der Waals surface area (Å²) >= 11 is 0. The minimum Gasteiger partial charge on any atom is -0.457 e. The molecule has 0 atom stereocenters. The zero-order valence-electron chi connectivity index (χ0n) is 30.0. The van der Waals surface area contributed by atoms with Crippen molar-refractivity contribution >= 4 is 10.8 Å². The SMILES string of the molecule is c1ccc(C2(c3ccccc3)c3ccccc3-c3ccc(-c4ccc5c(c4)C4(c6cc7ccccc7cc6O5)c5ccccc5-c5ccccc54)cc32)cc1. The molecule has 0 aromatic heterocycles. The molecule has 0 N–H and O–H groups in total. The van der Waals surface area contributed by atoms with Gasteiger partial charge in [-0.1, -0.05) is 176 Å². The minimum atomic E-state index is -0.555. The third kappa shape index (κ3) is 3.97. The van der Waals surface area contributed by atoms with Gasteiger partial charge in [0.1, 0.15) is 11.5 Å². The largest absolute Gasteiger partial charge is 0.457 e. The maximum Gasteiger partial charge on any atom is 0.132 e. The molecule has 1 aliphatic heterocycles. The van der Waals surface area contributed by atoms with E-state index in [1.54, 1.807) is 0 Å². The van der Waals surface area contributed by atoms with E-state index in [0.717, 1.165) is 11.5 Å². The molecule has 0 radical (unpaired) electrons. The first-order valence-corrected chi connectivity index (χ1v) is 19.2. The lowest BCUT2D eigenvalue weighted by molar-refractivity contribution is 0.437. The quantitative estimate of drug-likeness (QED) is 0.178. The average Bonchev–Trinajstić information content (AvgIpc) is 3.72. The van der Waals surface area contributed by atoms with E-state index in [4.69, 9.17) is 4.74 Å². The Kier molecular flexibility index (Phi) is 6.25. The summed E-state index contributed by atoms with van der Waals surface area (Å²) in [5, 5.41) is 2.39. The van der Waals surface area contributed by atoms with E-state index in [1.165, 1.54) is 88.7 Å². The van der Waals surface area contributed by atoms with Crippen molar-refractivity contribution in [3.8, 4) is 44.9 Å². The second-order valence-corrected chi connectivity index (χ2v) is 15.1. The van der Waals surface area contributed by atoms with E-state index in [9.17, 15) is 0 Å². The molecule has 9 aromatic carbocycles. The molecule has 1 spiro atoms. The van der Waals surface area contributed by atoms with Gasteiger partial charge in [0.05, 0.1) is 10.8 Å². The Morgan fingerprint density at radius 2 is 0.709 bits per heavy atom. The fraction of sp³-hybridized carbons (Fsp3) is 0.0370. The Morgan fingerprint density at radius 1 is 0.273 bits per heavy atom. The van der Waals surface area contributed by atoms with Crippen molar-refractivity contribution in [3.05, 3.63) is 251 Å². The van der Waals surface area contributed by atoms with Crippen LogP contribution in [0.3, 0.4) is 0 Å². The highest BCUT2D eigenvalue weighted by Crippen LogP contribution is 2.63. The lowest BCUT2D eigenvalue weighted by Gasteiger charge is -2.40. The van der Waals surface area contributed by atoms with Gasteiger partial charge in [0, 0.05) is 11.1 Å². The van der Waals surface area contributed by atoms with Crippen LogP contribution in [0.5, 0.6) is 11.5 Å². The first-order chi connectivity index (χ1) is 27.3. The van der Waals surface area contributed by atoms with E-state index in [-0.39, 0.29) is 0 Å². The summed E-state index contributed by atoms with van der Waals surface area (Å²) in [7, 11) is 0. The Labute approximate surface area is 320 Å². The van der Waals surface area contributed by atoms with Crippen LogP contribution in [0.1, 0.15) is 44.5 Å². The van der Waals surface area contributed by atoms with E-state index in [0.29, 0.717) is 0 Å². The first-order valence-electron chi connectivity index (χ1n) is 19.2. The average molecular weight is 699 g/mol. The van der Waals surface area contributed by atoms with Crippen molar-refractivity contribution in [1.82, 2.24) is 0 Å². The summed E-state index contributed by atoms with van der Waals surface area (Å²) in [6.45, 7) is 0. The molecular weight excluding hydrogens is 665 g/mol. The van der Waals surface area contributed by atoms with Gasteiger partial charge >= 0.3 is 0 Å². The molecule has 0 fully saturated rings. The van der Waals surface area contributed by atoms with Crippen molar-refractivity contribution in [2.24, 2.45) is 0 Å². The van der Waals surface area contributed by atoms with Gasteiger partial charge in [-0.25, -0.2) is 0 Å². The smallest absolute Gasteiger partial charge is 0.132 e. The molecule has 0 unspecified atom stereocenters. The van der Waals surface area contributed by atoms with Crippen LogP contribution in [-0.4, -0.2) is 0 Å². The van der Waals surface area contributed by atoms with Crippen LogP contribution in [0.25, 0.3) is 44.2 Å². The Morgan fingerprint density at radius 3 is 1.31 bits per heavy atom. The standard InChI is InChI=1S/C54H34O/c1-3-17-39(18-4-1)53(40-19-5-2-6-20-40)45-24-12-9-23-43(45)44-29-27-37(31-48(44)53)38-28-30-51-49(33-38)54(50-32-35-15-7-8-16-36(35)34-52(50)55-51)46-25-13-10-21-41(46)42-22-11-14-26-47(42)54/h1-34H. The number of rotatable bonds is 3. The zero-order valence-corrected chi connectivity index (χ0v) is 30.0. The van der Waals surface area contributed by atoms with E-state index < -0.39 is 10.8 Å². The van der Waals surface area contributed by atoms with E-state index in [1.807, 2.05) is 0 Å². The normalized spacial score (nSPS) is 14.6. The molecule has 12 rings (SSSR count). The molecule has 9 aromatic rings. The molecule has 0 bridgehead atoms. The second kappa shape index (κ2) is 11.3. The van der Waals surface area contributed by atoms with Crippen LogP contribution < -0.4 is 4.74 Å². The molecular formula is C54H34O. The zero-order chi connectivity index (χ0) is 36.1. The summed E-state index contributed by atoms with van der Waals surface area (Å²) in [4.78, 5) is 0. The number of fused-ring (bicyclic) bond motifs is 13. The molecule has 0 amide bonds. The lowest BCUT2D eigenvalue weighted by atomic mass is 9.65. The van der Waals surface area contributed by atoms with Crippen LogP contribution in [0, 0.1) is 0 Å². The molecule has 0 saturated heterocycles. The number of hydrogen-bond acceptors (Lipinski definition) is 1. The van der Waals surface area contributed by atoms with Crippen LogP contribution >= 0.6 is 0 Å². The van der Waals surface area contributed by atoms with E-state index in [2.05, 4.69) is 206 Å². The highest BCUT2D eigenvalue weighted by atomic mass is 16.5. The Hall–Kier alpha value is -6.96. The number of ether oxygens (including phenoxy) is 1. The van der Waals surface area contributed by atoms with Gasteiger partial charge in [-0.2, -0.15) is 0 Å². The van der Waals surface area contributed by atoms with Crippen molar-refractivity contribution in [2.75, 3.05) is 0 Å². The van der Waals surface area contributed by atoms with E-state index >= 15 is 0 Å². The fourth-order valence-electron chi connectivity index (χ4n) is 10.4. The summed E-state index contributed by atoms with van der Waals surface area (Å²) < 4.78 is 6.96. The van der Waals surface area contributed by atoms with Gasteiger partial charge in [0.15, 0.2) is 0 Å². The molecule has 55 heavy (non-hydrogen) atoms. The van der Waals surface area contributed by atoms with Gasteiger partial charge in [0.25, 0.3) is 0 Å². The van der Waals surface area contributed by atoms with Crippen molar-refractivity contribution in [1.29, 1.82) is 0 Å². The van der Waals surface area contributed by atoms with Crippen molar-refractivity contribution in [2.45, 2.75) is 10.8 Å². The van der Waals surface area contributed by atoms with Crippen LogP contribution in [0.15, 0.2) is 206 Å². The number of hydrogen-bond donors (Lipinski definition) is 0. The third-order valence-electron chi connectivity index (χ3n) is 12.6. The molecule has 2 aliphatic carbocycles. The fourth-order valence-corrected chi connectivity index (χ4v) is 10.4. The summed E-state index contributed by atoms with van der Waals surface area (Å²) in [6, 6.07) is 76.3. The third-order valence-corrected chi connectivity index (χ3v) is 12.6. The monoisotopic (exact) mass is 698 g/mol. The topological polar surface area (TPSA) is 9.23 Å². The number of benzene rings is 9. The van der Waals surface area contributed by atoms with Crippen LogP contribution in [0.4, 0.5) is 0 Å². The molecule has 256 valence electrons. The second-order valence-electron chi connectivity index (χ2n) is 15.1. The maximum absolute atomic E-state index is 6.96. The van der Waals surface area contributed by atoms with Gasteiger partial charge in [-0.3, -0.25) is 0 Å². The Balaban J connectivity index is 1.13. The molecule has 1 nitrogen and oxygen atoms in total. The van der Waals surface area contributed by atoms with Gasteiger partial charge in [0.2, 0.25) is 0 Å². The predicted molar refractivity (Wildman–Crippen MR) is 224 cm³/mol. The molecule has 1 heteroatoms. The highest BCUT2D eigenvalue weighted by Gasteiger charge is 2.51. The predicted octanol–water partition coefficient (Wildman–Crippen LogP) is 13.3. The van der Waals surface area contributed by atoms with Crippen LogP contribution in [-0.2, 0) is 10.8 Å². The van der Waals surface area contributed by atoms with Gasteiger partial charge in [-0.05, 0) is 108 Å². The lowest BCUT2D eigenvalue weighted by Crippen LogP contribution is -2.32. The summed E-state index contributed by atoms with van der Waals surface area (Å²) in [5.41, 5.74) is 16.6. The highest BCUT2D eigenvalue weighted by molar-refractivity contribution is 5.94. The molecule has 3 aliphatic rings. The molecule has 0 saturated carbocycles. The Bertz CT molecular complexity index is 2930. The van der Waals surface area contributed by atoms with Crippen molar-refractivity contribution < 1.29 is 4.74 Å². The van der Waals surface area contributed by atoms with Crippen LogP contribution in [0.2, 0.25) is 0 Å². The first kappa shape index (κ1) is 30.5. The summed E-state index contributed by atoms with van der Waals surface area (Å²) in [5.74, 6) is 1.81. The minimum absolute atomic E-state index is 0.466.